The summed E-state index contributed by atoms with van der Waals surface area (Å²) in [6, 6.07) is 0. The third-order valence-electron chi connectivity index (χ3n) is 0. The Bertz CT molecular complexity index is 88.6. The Morgan fingerprint density at radius 3 is 0.600 bits per heavy atom. The van der Waals surface area contributed by atoms with Gasteiger partial charge < -0.3 is 10.2 Å². The van der Waals surface area contributed by atoms with E-state index in [0.717, 1.165) is 0 Å². The summed E-state index contributed by atoms with van der Waals surface area (Å²) in [7, 11) is 4.12. The van der Waals surface area contributed by atoms with Crippen LogP contribution in [0.2, 0.25) is 0 Å². The number of hydrogen-bond donors (Lipinski definition) is 0. The molecule has 0 aromatic carbocycles. The van der Waals surface area contributed by atoms with Crippen LogP contribution >= 0.6 is 9.24 Å². The van der Waals surface area contributed by atoms with Crippen molar-refractivity contribution in [2.75, 3.05) is 0 Å². The molecule has 0 spiro atoms. The summed E-state index contributed by atoms with van der Waals surface area (Å²) in [5, 5.41) is 20.4. The van der Waals surface area contributed by atoms with Gasteiger partial charge in [-0.3, -0.25) is 0 Å². The zero-order valence-electron chi connectivity index (χ0n) is 11.8. The standard InChI is InChI=1S/2C4H9O.C4H9P/c3*1-4(2,3)5/h3*1-3H3/q2*-1;+2. The number of hydrogen-bond acceptors (Lipinski definition) is 2. The predicted molar refractivity (Wildman–Crippen MR) is 66.2 cm³/mol. The van der Waals surface area contributed by atoms with Gasteiger partial charge in [0.25, 0.3) is 0 Å². The van der Waals surface area contributed by atoms with Crippen LogP contribution in [-0.2, 0) is 0 Å². The summed E-state index contributed by atoms with van der Waals surface area (Å²) in [4.78, 5) is 0. The van der Waals surface area contributed by atoms with Gasteiger partial charge in [-0.2, -0.15) is 0 Å². The quantitative estimate of drug-likeness (QED) is 0.604. The highest BCUT2D eigenvalue weighted by Crippen LogP contribution is 2.12. The van der Waals surface area contributed by atoms with Crippen molar-refractivity contribution in [2.24, 2.45) is 0 Å². The Balaban J connectivity index is -0.000000144. The molecule has 2 radical (unpaired) electrons. The normalized spacial score (nSPS) is 11.9. The van der Waals surface area contributed by atoms with E-state index in [1.165, 1.54) is 0 Å². The molecule has 0 saturated heterocycles. The highest BCUT2D eigenvalue weighted by atomic mass is 31.0. The summed E-state index contributed by atoms with van der Waals surface area (Å²) in [5.41, 5.74) is -1.50. The fourth-order valence-corrected chi connectivity index (χ4v) is 0. The average Bonchev–Trinajstić information content (AvgIpc) is 1.41. The molecule has 15 heavy (non-hydrogen) atoms. The third-order valence-corrected chi connectivity index (χ3v) is 0. The van der Waals surface area contributed by atoms with E-state index in [2.05, 4.69) is 30.0 Å². The molecule has 0 aliphatic carbocycles. The van der Waals surface area contributed by atoms with Crippen molar-refractivity contribution in [3.63, 3.8) is 0 Å². The van der Waals surface area contributed by atoms with Gasteiger partial charge in [0, 0.05) is 20.8 Å². The predicted octanol–water partition coefficient (Wildman–Crippen LogP) is 2.49. The van der Waals surface area contributed by atoms with Gasteiger partial charge >= 0.3 is 14.4 Å². The molecule has 0 heterocycles. The van der Waals surface area contributed by atoms with Crippen molar-refractivity contribution in [1.82, 2.24) is 0 Å². The van der Waals surface area contributed by atoms with Crippen LogP contribution in [0.1, 0.15) is 62.3 Å². The fourth-order valence-electron chi connectivity index (χ4n) is 0. The minimum atomic E-state index is -0.750. The van der Waals surface area contributed by atoms with Crippen molar-refractivity contribution in [1.29, 1.82) is 0 Å². The summed E-state index contributed by atoms with van der Waals surface area (Å²) < 4.78 is 0. The molecule has 0 aliphatic rings. The van der Waals surface area contributed by atoms with Crippen LogP contribution in [0.3, 0.4) is 0 Å². The van der Waals surface area contributed by atoms with E-state index < -0.39 is 11.2 Å². The first-order valence-corrected chi connectivity index (χ1v) is 5.58. The lowest BCUT2D eigenvalue weighted by Crippen LogP contribution is -2.31. The van der Waals surface area contributed by atoms with Crippen molar-refractivity contribution in [2.45, 2.75) is 78.7 Å². The van der Waals surface area contributed by atoms with E-state index in [4.69, 9.17) is 0 Å². The van der Waals surface area contributed by atoms with Crippen molar-refractivity contribution in [3.8, 4) is 0 Å². The highest BCUT2D eigenvalue weighted by Gasteiger charge is 2.45. The third kappa shape index (κ3) is 43900. The first-order valence-electron chi connectivity index (χ1n) is 5.13. The second-order valence-electron chi connectivity index (χ2n) is 6.40. The summed E-state index contributed by atoms with van der Waals surface area (Å²) in [5.74, 6) is 0. The summed E-state index contributed by atoms with van der Waals surface area (Å²) >= 11 is 0. The zero-order chi connectivity index (χ0) is 13.5. The Hall–Kier alpha value is 0.220. The average molecular weight is 234 g/mol. The van der Waals surface area contributed by atoms with E-state index in [9.17, 15) is 10.2 Å². The van der Waals surface area contributed by atoms with E-state index in [-0.39, 0.29) is 5.16 Å². The van der Waals surface area contributed by atoms with Crippen LogP contribution in [-0.4, -0.2) is 16.4 Å². The molecule has 0 atom stereocenters. The van der Waals surface area contributed by atoms with Gasteiger partial charge in [0.15, 0.2) is 0 Å². The summed E-state index contributed by atoms with van der Waals surface area (Å²) in [6.07, 6.45) is 0. The first kappa shape index (κ1) is 20.6. The maximum Gasteiger partial charge on any atom is 1.18 e. The lowest BCUT2D eigenvalue weighted by molar-refractivity contribution is -0.459. The molecule has 92 valence electrons. The van der Waals surface area contributed by atoms with Gasteiger partial charge in [-0.1, -0.05) is 41.5 Å². The van der Waals surface area contributed by atoms with Gasteiger partial charge in [0.1, 0.15) is 0 Å². The molecule has 0 aromatic heterocycles. The first-order chi connectivity index (χ1) is 6.00. The maximum atomic E-state index is 10.1. The van der Waals surface area contributed by atoms with E-state index in [1.54, 1.807) is 41.5 Å². The zero-order valence-corrected chi connectivity index (χ0v) is 12.7. The van der Waals surface area contributed by atoms with Crippen LogP contribution in [0, 0.1) is 0 Å². The SMILES string of the molecule is CC(C)(C)[O-].CC(C)(C)[O-].CC(C)(C)[P+2]. The Kier molecular flexibility index (Phi) is 10.3. The summed E-state index contributed by atoms with van der Waals surface area (Å²) in [6.45, 7) is 15.9. The molecule has 0 aromatic rings. The molecule has 0 rings (SSSR count). The van der Waals surface area contributed by atoms with E-state index >= 15 is 0 Å². The van der Waals surface area contributed by atoms with Crippen LogP contribution < -0.4 is 10.2 Å². The lowest BCUT2D eigenvalue weighted by Gasteiger charge is -2.23. The molecule has 0 aliphatic heterocycles. The molecule has 0 amide bonds. The minimum Gasteiger partial charge on any atom is -0.850 e. The van der Waals surface area contributed by atoms with Gasteiger partial charge in [0.2, 0.25) is 0 Å². The molecular formula is C12H27O2P. The smallest absolute Gasteiger partial charge is 0.850 e. The topological polar surface area (TPSA) is 46.1 Å². The Labute approximate surface area is 98.7 Å². The Morgan fingerprint density at radius 1 is 0.600 bits per heavy atom. The monoisotopic (exact) mass is 234 g/mol. The highest BCUT2D eigenvalue weighted by molar-refractivity contribution is 7.18. The van der Waals surface area contributed by atoms with Gasteiger partial charge in [-0.05, 0) is 0 Å². The van der Waals surface area contributed by atoms with Crippen LogP contribution in [0.25, 0.3) is 0 Å². The molecule has 0 N–H and O–H groups in total. The second kappa shape index (κ2) is 7.49. The second-order valence-corrected chi connectivity index (χ2v) is 7.74. The van der Waals surface area contributed by atoms with Crippen molar-refractivity contribution >= 4 is 9.24 Å². The molecule has 0 fully saturated rings. The van der Waals surface area contributed by atoms with Gasteiger partial charge in [0.05, 0.1) is 0 Å². The molecule has 3 heteroatoms. The van der Waals surface area contributed by atoms with Crippen molar-refractivity contribution in [3.05, 3.63) is 0 Å². The molecule has 2 nitrogen and oxygen atoms in total. The minimum absolute atomic E-state index is 0.194. The largest absolute Gasteiger partial charge is 1.18 e. The van der Waals surface area contributed by atoms with Gasteiger partial charge in [-0.15, -0.1) is 11.2 Å². The van der Waals surface area contributed by atoms with Crippen LogP contribution in [0.5, 0.6) is 0 Å². The van der Waals surface area contributed by atoms with Crippen LogP contribution in [0.4, 0.5) is 0 Å². The maximum absolute atomic E-state index is 10.1. The van der Waals surface area contributed by atoms with Gasteiger partial charge in [-0.25, -0.2) is 0 Å². The fraction of sp³-hybridized carbons (Fsp3) is 1.00. The molecule has 0 bridgehead atoms. The molecular weight excluding hydrogens is 207 g/mol. The Morgan fingerprint density at radius 2 is 0.600 bits per heavy atom. The molecule has 0 unspecified atom stereocenters. The van der Waals surface area contributed by atoms with E-state index in [1.807, 2.05) is 0 Å². The van der Waals surface area contributed by atoms with Crippen molar-refractivity contribution < 1.29 is 10.2 Å². The van der Waals surface area contributed by atoms with E-state index in [0.29, 0.717) is 0 Å². The lowest BCUT2D eigenvalue weighted by atomic mass is 10.2. The molecule has 0 saturated carbocycles. The number of rotatable bonds is 0. The van der Waals surface area contributed by atoms with Crippen LogP contribution in [0.15, 0.2) is 0 Å².